The van der Waals surface area contributed by atoms with Crippen LogP contribution in [0.15, 0.2) is 18.2 Å². The standard InChI is InChI=1S/C13H18ClNO2/c1-13(2,16)11-9-10(14)3-4-12(11)15-5-7-17-8-6-15/h3-4,9,16H,5-8H2,1-2H3. The Morgan fingerprint density at radius 1 is 1.29 bits per heavy atom. The molecule has 0 bridgehead atoms. The number of benzene rings is 1. The lowest BCUT2D eigenvalue weighted by atomic mass is 9.95. The molecule has 0 aliphatic carbocycles. The van der Waals surface area contributed by atoms with Gasteiger partial charge in [-0.25, -0.2) is 0 Å². The maximum absolute atomic E-state index is 10.2. The van der Waals surface area contributed by atoms with E-state index in [4.69, 9.17) is 16.3 Å². The molecule has 1 aromatic rings. The Bertz CT molecular complexity index is 395. The molecule has 0 aromatic heterocycles. The van der Waals surface area contributed by atoms with Crippen molar-refractivity contribution >= 4 is 17.3 Å². The molecule has 1 heterocycles. The van der Waals surface area contributed by atoms with Crippen molar-refractivity contribution in [1.29, 1.82) is 0 Å². The van der Waals surface area contributed by atoms with E-state index in [1.807, 2.05) is 18.2 Å². The zero-order valence-corrected chi connectivity index (χ0v) is 11.0. The summed E-state index contributed by atoms with van der Waals surface area (Å²) >= 11 is 6.01. The minimum Gasteiger partial charge on any atom is -0.386 e. The van der Waals surface area contributed by atoms with Gasteiger partial charge in [0, 0.05) is 29.4 Å². The van der Waals surface area contributed by atoms with Crippen molar-refractivity contribution in [3.8, 4) is 0 Å². The Hall–Kier alpha value is -0.770. The molecule has 0 spiro atoms. The second kappa shape index (κ2) is 4.84. The molecule has 94 valence electrons. The first-order chi connectivity index (χ1) is 7.98. The van der Waals surface area contributed by atoms with Crippen LogP contribution in [-0.4, -0.2) is 31.4 Å². The zero-order chi connectivity index (χ0) is 12.5. The Morgan fingerprint density at radius 3 is 2.53 bits per heavy atom. The van der Waals surface area contributed by atoms with Crippen LogP contribution in [0.3, 0.4) is 0 Å². The molecule has 2 rings (SSSR count). The highest BCUT2D eigenvalue weighted by Gasteiger charge is 2.24. The molecule has 1 saturated heterocycles. The van der Waals surface area contributed by atoms with E-state index in [0.29, 0.717) is 5.02 Å². The number of halogens is 1. The predicted molar refractivity (Wildman–Crippen MR) is 69.7 cm³/mol. The normalized spacial score (nSPS) is 17.3. The lowest BCUT2D eigenvalue weighted by Gasteiger charge is -2.33. The lowest BCUT2D eigenvalue weighted by molar-refractivity contribution is 0.0781. The Labute approximate surface area is 107 Å². The fourth-order valence-corrected chi connectivity index (χ4v) is 2.25. The smallest absolute Gasteiger partial charge is 0.0861 e. The van der Waals surface area contributed by atoms with Crippen LogP contribution in [0.5, 0.6) is 0 Å². The van der Waals surface area contributed by atoms with Crippen molar-refractivity contribution in [3.63, 3.8) is 0 Å². The van der Waals surface area contributed by atoms with Crippen molar-refractivity contribution in [2.45, 2.75) is 19.4 Å². The monoisotopic (exact) mass is 255 g/mol. The van der Waals surface area contributed by atoms with Gasteiger partial charge < -0.3 is 14.7 Å². The Balaban J connectivity index is 2.38. The van der Waals surface area contributed by atoms with Gasteiger partial charge in [-0.2, -0.15) is 0 Å². The number of anilines is 1. The quantitative estimate of drug-likeness (QED) is 0.881. The van der Waals surface area contributed by atoms with Crippen LogP contribution in [0.4, 0.5) is 5.69 Å². The molecule has 1 aliphatic rings. The summed E-state index contributed by atoms with van der Waals surface area (Å²) in [5.74, 6) is 0. The summed E-state index contributed by atoms with van der Waals surface area (Å²) in [6, 6.07) is 5.68. The molecule has 1 N–H and O–H groups in total. The molecule has 0 unspecified atom stereocenters. The maximum Gasteiger partial charge on any atom is 0.0861 e. The summed E-state index contributed by atoms with van der Waals surface area (Å²) in [7, 11) is 0. The first-order valence-corrected chi connectivity index (χ1v) is 6.21. The third-order valence-corrected chi connectivity index (χ3v) is 3.20. The van der Waals surface area contributed by atoms with Crippen molar-refractivity contribution in [3.05, 3.63) is 28.8 Å². The van der Waals surface area contributed by atoms with Crippen LogP contribution < -0.4 is 4.90 Å². The van der Waals surface area contributed by atoms with Gasteiger partial charge in [-0.05, 0) is 32.0 Å². The van der Waals surface area contributed by atoms with Crippen molar-refractivity contribution < 1.29 is 9.84 Å². The van der Waals surface area contributed by atoms with E-state index in [-0.39, 0.29) is 0 Å². The van der Waals surface area contributed by atoms with Gasteiger partial charge in [0.15, 0.2) is 0 Å². The molecule has 0 saturated carbocycles. The SMILES string of the molecule is CC(C)(O)c1cc(Cl)ccc1N1CCOCC1. The van der Waals surface area contributed by atoms with Crippen LogP contribution >= 0.6 is 11.6 Å². The topological polar surface area (TPSA) is 32.7 Å². The van der Waals surface area contributed by atoms with Gasteiger partial charge in [0.2, 0.25) is 0 Å². The first kappa shape index (κ1) is 12.7. The summed E-state index contributed by atoms with van der Waals surface area (Å²) in [4.78, 5) is 2.23. The molecule has 17 heavy (non-hydrogen) atoms. The zero-order valence-electron chi connectivity index (χ0n) is 10.2. The minimum atomic E-state index is -0.890. The van der Waals surface area contributed by atoms with Gasteiger partial charge in [-0.3, -0.25) is 0 Å². The van der Waals surface area contributed by atoms with Gasteiger partial charge in [-0.15, -0.1) is 0 Å². The molecule has 1 aliphatic heterocycles. The number of morpholine rings is 1. The van der Waals surface area contributed by atoms with Crippen LogP contribution in [0.1, 0.15) is 19.4 Å². The molecule has 1 aromatic carbocycles. The number of hydrogen-bond acceptors (Lipinski definition) is 3. The first-order valence-electron chi connectivity index (χ1n) is 5.83. The second-order valence-corrected chi connectivity index (χ2v) is 5.26. The third kappa shape index (κ3) is 2.92. The van der Waals surface area contributed by atoms with Crippen molar-refractivity contribution in [2.75, 3.05) is 31.2 Å². The van der Waals surface area contributed by atoms with Crippen molar-refractivity contribution in [1.82, 2.24) is 0 Å². The molecular formula is C13H18ClNO2. The van der Waals surface area contributed by atoms with Crippen LogP contribution in [0.25, 0.3) is 0 Å². The van der Waals surface area contributed by atoms with E-state index in [9.17, 15) is 5.11 Å². The highest BCUT2D eigenvalue weighted by Crippen LogP contribution is 2.33. The molecule has 1 fully saturated rings. The van der Waals surface area contributed by atoms with Gasteiger partial charge in [-0.1, -0.05) is 11.6 Å². The largest absolute Gasteiger partial charge is 0.386 e. The number of rotatable bonds is 2. The summed E-state index contributed by atoms with van der Waals surface area (Å²) in [6.07, 6.45) is 0. The van der Waals surface area contributed by atoms with Gasteiger partial charge in [0.1, 0.15) is 0 Å². The van der Waals surface area contributed by atoms with Gasteiger partial charge in [0.05, 0.1) is 18.8 Å². The van der Waals surface area contributed by atoms with E-state index in [2.05, 4.69) is 4.90 Å². The minimum absolute atomic E-state index is 0.652. The molecule has 0 amide bonds. The van der Waals surface area contributed by atoms with Gasteiger partial charge >= 0.3 is 0 Å². The third-order valence-electron chi connectivity index (χ3n) is 2.97. The second-order valence-electron chi connectivity index (χ2n) is 4.82. The van der Waals surface area contributed by atoms with E-state index in [0.717, 1.165) is 37.6 Å². The summed E-state index contributed by atoms with van der Waals surface area (Å²) in [5.41, 5.74) is 1.02. The molecular weight excluding hydrogens is 238 g/mol. The molecule has 0 radical (unpaired) electrons. The number of nitrogens with zero attached hydrogens (tertiary/aromatic N) is 1. The number of ether oxygens (including phenoxy) is 1. The summed E-state index contributed by atoms with van der Waals surface area (Å²) in [6.45, 7) is 6.72. The van der Waals surface area contributed by atoms with Crippen molar-refractivity contribution in [2.24, 2.45) is 0 Å². The Kier molecular flexibility index (Phi) is 3.61. The predicted octanol–water partition coefficient (Wildman–Crippen LogP) is 2.40. The van der Waals surface area contributed by atoms with Crippen LogP contribution in [-0.2, 0) is 10.3 Å². The molecule has 0 atom stereocenters. The molecule has 4 heteroatoms. The number of aliphatic hydroxyl groups is 1. The van der Waals surface area contributed by atoms with E-state index < -0.39 is 5.60 Å². The highest BCUT2D eigenvalue weighted by atomic mass is 35.5. The fraction of sp³-hybridized carbons (Fsp3) is 0.538. The fourth-order valence-electron chi connectivity index (χ4n) is 2.08. The maximum atomic E-state index is 10.2. The summed E-state index contributed by atoms with van der Waals surface area (Å²) in [5, 5.41) is 10.9. The molecule has 3 nitrogen and oxygen atoms in total. The lowest BCUT2D eigenvalue weighted by Crippen LogP contribution is -2.37. The van der Waals surface area contributed by atoms with E-state index in [1.54, 1.807) is 13.8 Å². The van der Waals surface area contributed by atoms with E-state index in [1.165, 1.54) is 0 Å². The van der Waals surface area contributed by atoms with E-state index >= 15 is 0 Å². The summed E-state index contributed by atoms with van der Waals surface area (Å²) < 4.78 is 5.34. The Morgan fingerprint density at radius 2 is 1.94 bits per heavy atom. The number of hydrogen-bond donors (Lipinski definition) is 1. The highest BCUT2D eigenvalue weighted by molar-refractivity contribution is 6.30. The van der Waals surface area contributed by atoms with Gasteiger partial charge in [0.25, 0.3) is 0 Å². The van der Waals surface area contributed by atoms with Crippen LogP contribution in [0.2, 0.25) is 5.02 Å². The average molecular weight is 256 g/mol. The van der Waals surface area contributed by atoms with Crippen LogP contribution in [0, 0.1) is 0 Å². The average Bonchev–Trinajstić information content (AvgIpc) is 2.29.